The van der Waals surface area contributed by atoms with Crippen LogP contribution < -0.4 is 16.0 Å². The lowest BCUT2D eigenvalue weighted by molar-refractivity contribution is -0.122. The van der Waals surface area contributed by atoms with Crippen LogP contribution in [0.5, 0.6) is 0 Å². The second-order valence-corrected chi connectivity index (χ2v) is 9.96. The molecule has 32 heavy (non-hydrogen) atoms. The lowest BCUT2D eigenvalue weighted by Gasteiger charge is -2.21. The zero-order valence-electron chi connectivity index (χ0n) is 18.7. The Morgan fingerprint density at radius 2 is 1.91 bits per heavy atom. The first kappa shape index (κ1) is 20.5. The first-order chi connectivity index (χ1) is 15.3. The van der Waals surface area contributed by atoms with Gasteiger partial charge in [0.25, 0.3) is 0 Å². The average molecular weight is 429 g/mol. The number of allylic oxidation sites excluding steroid dienone is 2. The molecule has 2 unspecified atom stereocenters. The summed E-state index contributed by atoms with van der Waals surface area (Å²) in [4.78, 5) is 30.0. The van der Waals surface area contributed by atoms with Gasteiger partial charge in [0.1, 0.15) is 11.9 Å². The summed E-state index contributed by atoms with van der Waals surface area (Å²) in [5.41, 5.74) is 4.91. The standard InChI is InChI=1S/C26H28N4O2/c1-25(2,3)19-8-6-16(7-9-19)14-29-23(31)21-11-17-12-26(13-18(17)15-28-21)20-5-4-10-27-22(20)30-24(26)32/h4-11,15,21,28H,12-14H2,1-3H3,(H,29,31)(H,27,30,32). The van der Waals surface area contributed by atoms with Gasteiger partial charge < -0.3 is 16.0 Å². The van der Waals surface area contributed by atoms with Gasteiger partial charge in [-0.3, -0.25) is 9.59 Å². The van der Waals surface area contributed by atoms with Gasteiger partial charge in [-0.15, -0.1) is 0 Å². The van der Waals surface area contributed by atoms with E-state index in [1.807, 2.05) is 24.4 Å². The van der Waals surface area contributed by atoms with E-state index in [2.05, 4.69) is 66.0 Å². The number of fused-ring (bicyclic) bond motifs is 3. The summed E-state index contributed by atoms with van der Waals surface area (Å²) in [5, 5.41) is 9.15. The van der Waals surface area contributed by atoms with E-state index in [1.165, 1.54) is 5.56 Å². The van der Waals surface area contributed by atoms with Crippen LogP contribution in [0.2, 0.25) is 0 Å². The summed E-state index contributed by atoms with van der Waals surface area (Å²) >= 11 is 0. The van der Waals surface area contributed by atoms with Crippen molar-refractivity contribution in [3.63, 3.8) is 0 Å². The molecule has 6 nitrogen and oxygen atoms in total. The molecule has 164 valence electrons. The number of carbonyl (C=O) groups is 2. The Morgan fingerprint density at radius 1 is 1.16 bits per heavy atom. The van der Waals surface area contributed by atoms with Crippen LogP contribution in [0, 0.1) is 0 Å². The second-order valence-electron chi connectivity index (χ2n) is 9.96. The number of rotatable bonds is 3. The highest BCUT2D eigenvalue weighted by molar-refractivity contribution is 6.06. The van der Waals surface area contributed by atoms with E-state index in [-0.39, 0.29) is 17.2 Å². The van der Waals surface area contributed by atoms with Crippen molar-refractivity contribution in [3.8, 4) is 0 Å². The summed E-state index contributed by atoms with van der Waals surface area (Å²) in [6.07, 6.45) is 6.75. The highest BCUT2D eigenvalue weighted by Crippen LogP contribution is 2.52. The number of hydrogen-bond donors (Lipinski definition) is 3. The van der Waals surface area contributed by atoms with Gasteiger partial charge >= 0.3 is 0 Å². The van der Waals surface area contributed by atoms with Crippen molar-refractivity contribution in [1.82, 2.24) is 15.6 Å². The van der Waals surface area contributed by atoms with E-state index >= 15 is 0 Å². The Balaban J connectivity index is 1.27. The van der Waals surface area contributed by atoms with E-state index in [4.69, 9.17) is 0 Å². The molecule has 1 aromatic carbocycles. The van der Waals surface area contributed by atoms with Gasteiger partial charge in [-0.05, 0) is 52.7 Å². The molecule has 2 aliphatic heterocycles. The van der Waals surface area contributed by atoms with Crippen molar-refractivity contribution >= 4 is 17.6 Å². The third-order valence-corrected chi connectivity index (χ3v) is 6.76. The van der Waals surface area contributed by atoms with Gasteiger partial charge in [-0.25, -0.2) is 4.98 Å². The molecule has 6 heteroatoms. The Hall–Kier alpha value is -3.41. The quantitative estimate of drug-likeness (QED) is 0.699. The van der Waals surface area contributed by atoms with Gasteiger partial charge in [0.05, 0.1) is 5.41 Å². The smallest absolute Gasteiger partial charge is 0.246 e. The Kier molecular flexibility index (Phi) is 4.69. The molecule has 3 aliphatic rings. The summed E-state index contributed by atoms with van der Waals surface area (Å²) in [6.45, 7) is 7.04. The summed E-state index contributed by atoms with van der Waals surface area (Å²) < 4.78 is 0. The Bertz CT molecular complexity index is 1160. The van der Waals surface area contributed by atoms with Gasteiger partial charge in [0, 0.05) is 24.5 Å². The van der Waals surface area contributed by atoms with E-state index in [0.29, 0.717) is 25.2 Å². The van der Waals surface area contributed by atoms with Crippen molar-refractivity contribution in [2.75, 3.05) is 5.32 Å². The number of amides is 2. The van der Waals surface area contributed by atoms with Crippen LogP contribution in [0.3, 0.4) is 0 Å². The number of nitrogens with one attached hydrogen (secondary N) is 3. The molecule has 1 saturated carbocycles. The molecule has 5 rings (SSSR count). The lowest BCUT2D eigenvalue weighted by Crippen LogP contribution is -2.42. The van der Waals surface area contributed by atoms with E-state index in [0.717, 1.165) is 22.3 Å². The van der Waals surface area contributed by atoms with Crippen molar-refractivity contribution in [1.29, 1.82) is 0 Å². The van der Waals surface area contributed by atoms with E-state index in [9.17, 15) is 9.59 Å². The third kappa shape index (κ3) is 3.40. The third-order valence-electron chi connectivity index (χ3n) is 6.76. The fraction of sp³-hybridized carbons (Fsp3) is 0.346. The summed E-state index contributed by atoms with van der Waals surface area (Å²) in [6, 6.07) is 11.8. The largest absolute Gasteiger partial charge is 0.376 e. The molecule has 1 aliphatic carbocycles. The van der Waals surface area contributed by atoms with E-state index < -0.39 is 11.5 Å². The molecule has 2 atom stereocenters. The van der Waals surface area contributed by atoms with Gasteiger partial charge in [-0.2, -0.15) is 0 Å². The minimum atomic E-state index is -0.622. The minimum absolute atomic E-state index is 0.0119. The van der Waals surface area contributed by atoms with Crippen LogP contribution in [0.15, 0.2) is 66.0 Å². The molecule has 1 aromatic heterocycles. The van der Waals surface area contributed by atoms with Crippen LogP contribution in [0.4, 0.5) is 5.82 Å². The number of hydrogen-bond acceptors (Lipinski definition) is 4. The lowest BCUT2D eigenvalue weighted by atomic mass is 9.80. The molecule has 3 heterocycles. The predicted octanol–water partition coefficient (Wildman–Crippen LogP) is 3.46. The highest BCUT2D eigenvalue weighted by Gasteiger charge is 2.52. The first-order valence-corrected chi connectivity index (χ1v) is 11.1. The number of nitrogens with zero attached hydrogens (tertiary/aromatic N) is 1. The van der Waals surface area contributed by atoms with Crippen LogP contribution in [-0.2, 0) is 27.0 Å². The SMILES string of the molecule is CC(C)(C)c1ccc(CNC(=O)C2C=C3CC4(CC3=CN2)C(=O)Nc2ncccc24)cc1. The monoisotopic (exact) mass is 428 g/mol. The molecule has 1 spiro atoms. The first-order valence-electron chi connectivity index (χ1n) is 11.1. The average Bonchev–Trinajstić information content (AvgIpc) is 3.29. The zero-order chi connectivity index (χ0) is 22.5. The maximum absolute atomic E-state index is 12.9. The molecule has 2 amide bonds. The molecule has 1 fully saturated rings. The molecular formula is C26H28N4O2. The van der Waals surface area contributed by atoms with E-state index in [1.54, 1.807) is 6.20 Å². The second kappa shape index (κ2) is 7.33. The van der Waals surface area contributed by atoms with Crippen molar-refractivity contribution in [2.45, 2.75) is 57.0 Å². The molecule has 0 bridgehead atoms. The van der Waals surface area contributed by atoms with Gasteiger partial charge in [0.2, 0.25) is 11.8 Å². The van der Waals surface area contributed by atoms with Crippen molar-refractivity contribution in [2.24, 2.45) is 0 Å². The molecule has 0 radical (unpaired) electrons. The minimum Gasteiger partial charge on any atom is -0.376 e. The Labute approximate surface area is 188 Å². The van der Waals surface area contributed by atoms with Crippen molar-refractivity contribution < 1.29 is 9.59 Å². The Morgan fingerprint density at radius 3 is 2.66 bits per heavy atom. The summed E-state index contributed by atoms with van der Waals surface area (Å²) in [7, 11) is 0. The number of anilines is 1. The highest BCUT2D eigenvalue weighted by atomic mass is 16.2. The topological polar surface area (TPSA) is 83.1 Å². The fourth-order valence-electron chi connectivity index (χ4n) is 4.85. The van der Waals surface area contributed by atoms with Crippen LogP contribution in [0.1, 0.15) is 50.3 Å². The zero-order valence-corrected chi connectivity index (χ0v) is 18.7. The number of pyridine rings is 1. The maximum atomic E-state index is 12.9. The van der Waals surface area contributed by atoms with Gasteiger partial charge in [0.15, 0.2) is 0 Å². The van der Waals surface area contributed by atoms with Crippen LogP contribution in [0.25, 0.3) is 0 Å². The fourth-order valence-corrected chi connectivity index (χ4v) is 4.85. The summed E-state index contributed by atoms with van der Waals surface area (Å²) in [5.74, 6) is 0.561. The molecule has 3 N–H and O–H groups in total. The molecule has 0 saturated heterocycles. The number of aromatic nitrogens is 1. The molecule has 2 aromatic rings. The van der Waals surface area contributed by atoms with Gasteiger partial charge in [-0.1, -0.05) is 51.1 Å². The number of benzene rings is 1. The number of carbonyl (C=O) groups excluding carboxylic acids is 2. The normalized spacial score (nSPS) is 23.6. The maximum Gasteiger partial charge on any atom is 0.246 e. The number of dihydropyridines is 1. The predicted molar refractivity (Wildman–Crippen MR) is 124 cm³/mol. The van der Waals surface area contributed by atoms with Crippen molar-refractivity contribution in [3.05, 3.63) is 82.7 Å². The van der Waals surface area contributed by atoms with Crippen LogP contribution >= 0.6 is 0 Å². The van der Waals surface area contributed by atoms with Crippen LogP contribution in [-0.4, -0.2) is 22.8 Å². The molecular weight excluding hydrogens is 400 g/mol.